The molecule has 100 valence electrons. The van der Waals surface area contributed by atoms with Crippen LogP contribution in [0.3, 0.4) is 0 Å². The summed E-state index contributed by atoms with van der Waals surface area (Å²) in [7, 11) is 0. The molecule has 0 radical (unpaired) electrons. The molecule has 18 heavy (non-hydrogen) atoms. The Bertz CT molecular complexity index is 346. The maximum absolute atomic E-state index is 11.6. The maximum Gasteiger partial charge on any atom is 0.224 e. The minimum atomic E-state index is 0.0520. The minimum absolute atomic E-state index is 0.0520. The number of hydrogen-bond acceptors (Lipinski definition) is 2. The third-order valence-electron chi connectivity index (χ3n) is 2.91. The highest BCUT2D eigenvalue weighted by Crippen LogP contribution is 2.14. The molecule has 0 aromatic heterocycles. The molecule has 0 aliphatic carbocycles. The molecule has 0 saturated carbocycles. The SMILES string of the molecule is CCCCCCCCC(=O)Nc1ccc(O)cc1. The molecule has 0 unspecified atom stereocenters. The van der Waals surface area contributed by atoms with Gasteiger partial charge in [-0.2, -0.15) is 0 Å². The van der Waals surface area contributed by atoms with Crippen LogP contribution in [-0.2, 0) is 4.79 Å². The zero-order chi connectivity index (χ0) is 13.2. The van der Waals surface area contributed by atoms with E-state index in [2.05, 4.69) is 12.2 Å². The van der Waals surface area contributed by atoms with Gasteiger partial charge >= 0.3 is 0 Å². The van der Waals surface area contributed by atoms with Crippen molar-refractivity contribution in [3.8, 4) is 5.75 Å². The predicted molar refractivity (Wildman–Crippen MR) is 74.7 cm³/mol. The number of phenols is 1. The lowest BCUT2D eigenvalue weighted by Crippen LogP contribution is -2.10. The van der Waals surface area contributed by atoms with E-state index < -0.39 is 0 Å². The second-order valence-corrected chi connectivity index (χ2v) is 4.61. The topological polar surface area (TPSA) is 49.3 Å². The zero-order valence-electron chi connectivity index (χ0n) is 11.1. The molecule has 0 spiro atoms. The molecule has 1 amide bonds. The molecule has 1 rings (SSSR count). The summed E-state index contributed by atoms with van der Waals surface area (Å²) in [5, 5.41) is 11.9. The van der Waals surface area contributed by atoms with Crippen LogP contribution in [0.25, 0.3) is 0 Å². The second-order valence-electron chi connectivity index (χ2n) is 4.61. The number of carbonyl (C=O) groups is 1. The molecule has 0 aliphatic rings. The summed E-state index contributed by atoms with van der Waals surface area (Å²) in [4.78, 5) is 11.6. The highest BCUT2D eigenvalue weighted by Gasteiger charge is 2.02. The molecule has 3 heteroatoms. The first kappa shape index (κ1) is 14.6. The standard InChI is InChI=1S/C15H23NO2/c1-2-3-4-5-6-7-8-15(18)16-13-9-11-14(17)12-10-13/h9-12,17H,2-8H2,1H3,(H,16,18). The molecular formula is C15H23NO2. The Morgan fingerprint density at radius 2 is 1.67 bits per heavy atom. The Balaban J connectivity index is 2.12. The Labute approximate surface area is 109 Å². The van der Waals surface area contributed by atoms with E-state index in [0.29, 0.717) is 6.42 Å². The fourth-order valence-corrected chi connectivity index (χ4v) is 1.83. The van der Waals surface area contributed by atoms with E-state index in [0.717, 1.165) is 18.5 Å². The summed E-state index contributed by atoms with van der Waals surface area (Å²) in [5.41, 5.74) is 0.740. The first-order chi connectivity index (χ1) is 8.72. The Morgan fingerprint density at radius 1 is 1.06 bits per heavy atom. The number of carbonyl (C=O) groups excluding carboxylic acids is 1. The van der Waals surface area contributed by atoms with Crippen LogP contribution >= 0.6 is 0 Å². The van der Waals surface area contributed by atoms with E-state index in [9.17, 15) is 4.79 Å². The van der Waals surface area contributed by atoms with Crippen molar-refractivity contribution < 1.29 is 9.90 Å². The van der Waals surface area contributed by atoms with Crippen molar-refractivity contribution in [2.45, 2.75) is 51.9 Å². The van der Waals surface area contributed by atoms with Crippen LogP contribution in [0, 0.1) is 0 Å². The van der Waals surface area contributed by atoms with Crippen molar-refractivity contribution in [3.05, 3.63) is 24.3 Å². The van der Waals surface area contributed by atoms with E-state index in [1.54, 1.807) is 24.3 Å². The van der Waals surface area contributed by atoms with E-state index >= 15 is 0 Å². The first-order valence-corrected chi connectivity index (χ1v) is 6.81. The van der Waals surface area contributed by atoms with Crippen molar-refractivity contribution >= 4 is 11.6 Å². The summed E-state index contributed by atoms with van der Waals surface area (Å²) in [6.45, 7) is 2.20. The number of benzene rings is 1. The van der Waals surface area contributed by atoms with Crippen molar-refractivity contribution in [1.82, 2.24) is 0 Å². The number of phenolic OH excluding ortho intramolecular Hbond substituents is 1. The van der Waals surface area contributed by atoms with Gasteiger partial charge in [0.15, 0.2) is 0 Å². The Kier molecular flexibility index (Phi) is 6.92. The van der Waals surface area contributed by atoms with Gasteiger partial charge in [-0.05, 0) is 30.7 Å². The van der Waals surface area contributed by atoms with Gasteiger partial charge in [0.1, 0.15) is 5.75 Å². The van der Waals surface area contributed by atoms with Crippen molar-refractivity contribution in [2.24, 2.45) is 0 Å². The molecule has 0 atom stereocenters. The van der Waals surface area contributed by atoms with Gasteiger partial charge in [0.25, 0.3) is 0 Å². The number of hydrogen-bond donors (Lipinski definition) is 2. The predicted octanol–water partition coefficient (Wildman–Crippen LogP) is 4.08. The van der Waals surface area contributed by atoms with E-state index in [1.807, 2.05) is 0 Å². The van der Waals surface area contributed by atoms with Crippen molar-refractivity contribution in [1.29, 1.82) is 0 Å². The van der Waals surface area contributed by atoms with Crippen LogP contribution in [-0.4, -0.2) is 11.0 Å². The lowest BCUT2D eigenvalue weighted by Gasteiger charge is -2.05. The van der Waals surface area contributed by atoms with E-state index in [1.165, 1.54) is 25.7 Å². The summed E-state index contributed by atoms with van der Waals surface area (Å²) in [6.07, 6.45) is 7.70. The average Bonchev–Trinajstić information content (AvgIpc) is 2.36. The molecule has 2 N–H and O–H groups in total. The van der Waals surface area contributed by atoms with E-state index in [4.69, 9.17) is 5.11 Å². The van der Waals surface area contributed by atoms with Crippen LogP contribution in [0.5, 0.6) is 5.75 Å². The van der Waals surface area contributed by atoms with Gasteiger partial charge in [0.2, 0.25) is 5.91 Å². The summed E-state index contributed by atoms with van der Waals surface area (Å²) < 4.78 is 0. The summed E-state index contributed by atoms with van der Waals surface area (Å²) in [6, 6.07) is 6.55. The van der Waals surface area contributed by atoms with Crippen LogP contribution < -0.4 is 5.32 Å². The first-order valence-electron chi connectivity index (χ1n) is 6.81. The molecule has 0 saturated heterocycles. The van der Waals surface area contributed by atoms with Crippen molar-refractivity contribution in [2.75, 3.05) is 5.32 Å². The van der Waals surface area contributed by atoms with Crippen LogP contribution in [0.1, 0.15) is 51.9 Å². The number of anilines is 1. The van der Waals surface area contributed by atoms with Crippen LogP contribution in [0.2, 0.25) is 0 Å². The third kappa shape index (κ3) is 6.28. The van der Waals surface area contributed by atoms with Gasteiger partial charge < -0.3 is 10.4 Å². The molecule has 1 aromatic rings. The lowest BCUT2D eigenvalue weighted by molar-refractivity contribution is -0.116. The monoisotopic (exact) mass is 249 g/mol. The summed E-state index contributed by atoms with van der Waals surface area (Å²) >= 11 is 0. The van der Waals surface area contributed by atoms with E-state index in [-0.39, 0.29) is 11.7 Å². The minimum Gasteiger partial charge on any atom is -0.508 e. The molecule has 0 aliphatic heterocycles. The third-order valence-corrected chi connectivity index (χ3v) is 2.91. The van der Waals surface area contributed by atoms with Gasteiger partial charge in [-0.25, -0.2) is 0 Å². The molecule has 0 bridgehead atoms. The molecule has 0 heterocycles. The van der Waals surface area contributed by atoms with Gasteiger partial charge in [0.05, 0.1) is 0 Å². The normalized spacial score (nSPS) is 10.3. The largest absolute Gasteiger partial charge is 0.508 e. The van der Waals surface area contributed by atoms with Crippen molar-refractivity contribution in [3.63, 3.8) is 0 Å². The second kappa shape index (κ2) is 8.56. The number of amides is 1. The quantitative estimate of drug-likeness (QED) is 0.538. The highest BCUT2D eigenvalue weighted by atomic mass is 16.3. The summed E-state index contributed by atoms with van der Waals surface area (Å²) in [5.74, 6) is 0.264. The lowest BCUT2D eigenvalue weighted by atomic mass is 10.1. The molecule has 3 nitrogen and oxygen atoms in total. The van der Waals surface area contributed by atoms with Gasteiger partial charge in [0, 0.05) is 12.1 Å². The molecule has 1 aromatic carbocycles. The molecular weight excluding hydrogens is 226 g/mol. The highest BCUT2D eigenvalue weighted by molar-refractivity contribution is 5.90. The smallest absolute Gasteiger partial charge is 0.224 e. The number of unbranched alkanes of at least 4 members (excludes halogenated alkanes) is 5. The average molecular weight is 249 g/mol. The van der Waals surface area contributed by atoms with Crippen LogP contribution in [0.4, 0.5) is 5.69 Å². The van der Waals surface area contributed by atoms with Crippen LogP contribution in [0.15, 0.2) is 24.3 Å². The van der Waals surface area contributed by atoms with Gasteiger partial charge in [-0.1, -0.05) is 39.0 Å². The number of aromatic hydroxyl groups is 1. The van der Waals surface area contributed by atoms with Gasteiger partial charge in [-0.3, -0.25) is 4.79 Å². The zero-order valence-corrected chi connectivity index (χ0v) is 11.1. The maximum atomic E-state index is 11.6. The number of rotatable bonds is 8. The number of nitrogens with one attached hydrogen (secondary N) is 1. The fourth-order valence-electron chi connectivity index (χ4n) is 1.83. The molecule has 0 fully saturated rings. The van der Waals surface area contributed by atoms with Gasteiger partial charge in [-0.15, -0.1) is 0 Å². The Morgan fingerprint density at radius 3 is 2.33 bits per heavy atom. The fraction of sp³-hybridized carbons (Fsp3) is 0.533. The Hall–Kier alpha value is -1.51.